The maximum atomic E-state index is 3.57. The van der Waals surface area contributed by atoms with Crippen LogP contribution in [0.15, 0.2) is 18.2 Å². The molecule has 1 aromatic carbocycles. The summed E-state index contributed by atoms with van der Waals surface area (Å²) >= 11 is 0. The van der Waals surface area contributed by atoms with Gasteiger partial charge in [-0.05, 0) is 49.4 Å². The van der Waals surface area contributed by atoms with Crippen molar-refractivity contribution >= 4 is 0 Å². The average Bonchev–Trinajstić information content (AvgIpc) is 2.70. The number of hydrogen-bond acceptors (Lipinski definition) is 1. The minimum absolute atomic E-state index is 0.616. The van der Waals surface area contributed by atoms with Crippen molar-refractivity contribution in [3.63, 3.8) is 0 Å². The smallest absolute Gasteiger partial charge is 0.0323 e. The van der Waals surface area contributed by atoms with E-state index in [0.717, 1.165) is 6.42 Å². The minimum Gasteiger partial charge on any atom is -0.310 e. The van der Waals surface area contributed by atoms with Gasteiger partial charge in [0, 0.05) is 6.04 Å². The zero-order valence-corrected chi connectivity index (χ0v) is 9.14. The van der Waals surface area contributed by atoms with Crippen LogP contribution in [0.1, 0.15) is 42.5 Å². The molecule has 76 valence electrons. The number of aryl methyl sites for hydroxylation is 1. The van der Waals surface area contributed by atoms with Crippen LogP contribution in [-0.4, -0.2) is 6.54 Å². The van der Waals surface area contributed by atoms with Gasteiger partial charge in [0.25, 0.3) is 0 Å². The number of nitrogens with one attached hydrogen (secondary N) is 1. The molecule has 0 amide bonds. The van der Waals surface area contributed by atoms with Gasteiger partial charge in [0.2, 0.25) is 0 Å². The van der Waals surface area contributed by atoms with Crippen LogP contribution >= 0.6 is 0 Å². The van der Waals surface area contributed by atoms with Crippen molar-refractivity contribution in [1.29, 1.82) is 0 Å². The molecule has 1 fully saturated rings. The Morgan fingerprint density at radius 2 is 2.29 bits per heavy atom. The van der Waals surface area contributed by atoms with Crippen LogP contribution in [0.4, 0.5) is 0 Å². The average molecular weight is 189 g/mol. The third kappa shape index (κ3) is 1.69. The molecule has 1 aliphatic heterocycles. The molecule has 0 aliphatic carbocycles. The van der Waals surface area contributed by atoms with E-state index in [1.165, 1.54) is 30.5 Å². The lowest BCUT2D eigenvalue weighted by molar-refractivity contribution is 0.640. The van der Waals surface area contributed by atoms with Crippen LogP contribution in [0.5, 0.6) is 0 Å². The van der Waals surface area contributed by atoms with E-state index >= 15 is 0 Å². The Hall–Kier alpha value is -0.820. The topological polar surface area (TPSA) is 12.0 Å². The highest BCUT2D eigenvalue weighted by Gasteiger charge is 2.18. The van der Waals surface area contributed by atoms with E-state index < -0.39 is 0 Å². The Bertz CT molecular complexity index is 311. The second-order valence-corrected chi connectivity index (χ2v) is 4.15. The van der Waals surface area contributed by atoms with Gasteiger partial charge in [-0.25, -0.2) is 0 Å². The summed E-state index contributed by atoms with van der Waals surface area (Å²) in [6, 6.07) is 7.31. The second kappa shape index (κ2) is 4.14. The van der Waals surface area contributed by atoms with Crippen molar-refractivity contribution in [3.05, 3.63) is 34.9 Å². The normalized spacial score (nSPS) is 21.4. The SMILES string of the molecule is CCc1c(C)cccc1[C@H]1CCCN1. The molecule has 14 heavy (non-hydrogen) atoms. The molecule has 0 unspecified atom stereocenters. The molecular formula is C13H19N. The van der Waals surface area contributed by atoms with Crippen LogP contribution < -0.4 is 5.32 Å². The van der Waals surface area contributed by atoms with Gasteiger partial charge < -0.3 is 5.32 Å². The summed E-state index contributed by atoms with van der Waals surface area (Å²) in [5.41, 5.74) is 4.52. The standard InChI is InChI=1S/C13H19N/c1-3-11-10(2)6-4-7-12(11)13-8-5-9-14-13/h4,6-7,13-14H,3,5,8-9H2,1-2H3/t13-/m1/s1. The van der Waals surface area contributed by atoms with E-state index in [0.29, 0.717) is 6.04 Å². The van der Waals surface area contributed by atoms with Crippen molar-refractivity contribution in [2.24, 2.45) is 0 Å². The zero-order valence-electron chi connectivity index (χ0n) is 9.14. The fraction of sp³-hybridized carbons (Fsp3) is 0.538. The first-order chi connectivity index (χ1) is 6.83. The summed E-state index contributed by atoms with van der Waals surface area (Å²) in [6.07, 6.45) is 3.78. The fourth-order valence-corrected chi connectivity index (χ4v) is 2.48. The van der Waals surface area contributed by atoms with E-state index in [1.807, 2.05) is 0 Å². The molecule has 2 rings (SSSR count). The lowest BCUT2D eigenvalue weighted by Crippen LogP contribution is -2.15. The molecule has 1 heteroatoms. The van der Waals surface area contributed by atoms with Crippen LogP contribution in [0.2, 0.25) is 0 Å². The molecule has 0 aromatic heterocycles. The van der Waals surface area contributed by atoms with Gasteiger partial charge >= 0.3 is 0 Å². The summed E-state index contributed by atoms with van der Waals surface area (Å²) in [5.74, 6) is 0. The molecule has 1 atom stereocenters. The first-order valence-corrected chi connectivity index (χ1v) is 5.64. The first-order valence-electron chi connectivity index (χ1n) is 5.64. The van der Waals surface area contributed by atoms with Gasteiger partial charge in [-0.1, -0.05) is 25.1 Å². The number of hydrogen-bond donors (Lipinski definition) is 1. The summed E-state index contributed by atoms with van der Waals surface area (Å²) in [6.45, 7) is 5.65. The molecule has 1 heterocycles. The van der Waals surface area contributed by atoms with Gasteiger partial charge in [0.05, 0.1) is 0 Å². The molecule has 1 aromatic rings. The Kier molecular flexibility index (Phi) is 2.87. The number of rotatable bonds is 2. The van der Waals surface area contributed by atoms with Gasteiger partial charge in [0.1, 0.15) is 0 Å². The van der Waals surface area contributed by atoms with Crippen molar-refractivity contribution in [3.8, 4) is 0 Å². The fourth-order valence-electron chi connectivity index (χ4n) is 2.48. The highest BCUT2D eigenvalue weighted by molar-refractivity contribution is 5.36. The molecule has 1 N–H and O–H groups in total. The van der Waals surface area contributed by atoms with E-state index in [2.05, 4.69) is 37.4 Å². The quantitative estimate of drug-likeness (QED) is 0.754. The second-order valence-electron chi connectivity index (χ2n) is 4.15. The molecule has 0 bridgehead atoms. The zero-order chi connectivity index (χ0) is 9.97. The Labute approximate surface area is 86.5 Å². The van der Waals surface area contributed by atoms with E-state index in [4.69, 9.17) is 0 Å². The van der Waals surface area contributed by atoms with Crippen molar-refractivity contribution in [2.45, 2.75) is 39.2 Å². The van der Waals surface area contributed by atoms with Crippen LogP contribution in [0.3, 0.4) is 0 Å². The summed E-state index contributed by atoms with van der Waals surface area (Å²) in [7, 11) is 0. The molecule has 1 nitrogen and oxygen atoms in total. The van der Waals surface area contributed by atoms with E-state index in [9.17, 15) is 0 Å². The molecule has 0 spiro atoms. The molecule has 1 saturated heterocycles. The Morgan fingerprint density at radius 3 is 2.93 bits per heavy atom. The van der Waals surface area contributed by atoms with Gasteiger partial charge in [-0.3, -0.25) is 0 Å². The maximum Gasteiger partial charge on any atom is 0.0323 e. The van der Waals surface area contributed by atoms with Crippen LogP contribution in [0.25, 0.3) is 0 Å². The van der Waals surface area contributed by atoms with E-state index in [1.54, 1.807) is 5.56 Å². The van der Waals surface area contributed by atoms with Gasteiger partial charge in [0.15, 0.2) is 0 Å². The van der Waals surface area contributed by atoms with Gasteiger partial charge in [-0.15, -0.1) is 0 Å². The number of benzene rings is 1. The Balaban J connectivity index is 2.35. The highest BCUT2D eigenvalue weighted by Crippen LogP contribution is 2.27. The minimum atomic E-state index is 0.616. The molecular weight excluding hydrogens is 170 g/mol. The third-order valence-electron chi connectivity index (χ3n) is 3.24. The summed E-state index contributed by atoms with van der Waals surface area (Å²) < 4.78 is 0. The van der Waals surface area contributed by atoms with Crippen LogP contribution in [-0.2, 0) is 6.42 Å². The summed E-state index contributed by atoms with van der Waals surface area (Å²) in [5, 5.41) is 3.57. The molecule has 0 saturated carbocycles. The summed E-state index contributed by atoms with van der Waals surface area (Å²) in [4.78, 5) is 0. The predicted octanol–water partition coefficient (Wildman–Crippen LogP) is 2.98. The molecule has 1 aliphatic rings. The lowest BCUT2D eigenvalue weighted by atomic mass is 9.94. The predicted molar refractivity (Wildman–Crippen MR) is 60.5 cm³/mol. The first kappa shape index (κ1) is 9.72. The van der Waals surface area contributed by atoms with Crippen LogP contribution in [0, 0.1) is 6.92 Å². The van der Waals surface area contributed by atoms with E-state index in [-0.39, 0.29) is 0 Å². The maximum absolute atomic E-state index is 3.57. The largest absolute Gasteiger partial charge is 0.310 e. The van der Waals surface area contributed by atoms with Crippen molar-refractivity contribution < 1.29 is 0 Å². The lowest BCUT2D eigenvalue weighted by Gasteiger charge is -2.16. The van der Waals surface area contributed by atoms with Crippen molar-refractivity contribution in [2.75, 3.05) is 6.54 Å². The molecule has 0 radical (unpaired) electrons. The third-order valence-corrected chi connectivity index (χ3v) is 3.24. The van der Waals surface area contributed by atoms with Crippen molar-refractivity contribution in [1.82, 2.24) is 5.32 Å². The monoisotopic (exact) mass is 189 g/mol. The Morgan fingerprint density at radius 1 is 1.43 bits per heavy atom. The highest BCUT2D eigenvalue weighted by atomic mass is 14.9. The van der Waals surface area contributed by atoms with Gasteiger partial charge in [-0.2, -0.15) is 0 Å².